The monoisotopic (exact) mass is 738 g/mol. The molecule has 0 aliphatic heterocycles. The van der Waals surface area contributed by atoms with Crippen LogP contribution in [0.1, 0.15) is 54.5 Å². The Balaban J connectivity index is 1.42. The maximum absolute atomic E-state index is 13.5. The van der Waals surface area contributed by atoms with Crippen LogP contribution in [0.4, 0.5) is 0 Å². The Bertz CT molecular complexity index is 1820. The molecule has 0 aliphatic rings. The molecule has 0 spiro atoms. The van der Waals surface area contributed by atoms with E-state index in [1.807, 2.05) is 54.6 Å². The third kappa shape index (κ3) is 6.27. The van der Waals surface area contributed by atoms with E-state index < -0.39 is 0 Å². The molecule has 2 heterocycles. The van der Waals surface area contributed by atoms with Crippen molar-refractivity contribution >= 4 is 64.9 Å². The highest BCUT2D eigenvalue weighted by Gasteiger charge is 2.16. The summed E-state index contributed by atoms with van der Waals surface area (Å²) in [5, 5.41) is 5.21. The summed E-state index contributed by atoms with van der Waals surface area (Å²) in [4.78, 5) is 18.3. The van der Waals surface area contributed by atoms with Crippen LogP contribution in [0.15, 0.2) is 90.0 Å². The Kier molecular flexibility index (Phi) is 8.97. The van der Waals surface area contributed by atoms with Gasteiger partial charge >= 0.3 is 0 Å². The van der Waals surface area contributed by atoms with Crippen molar-refractivity contribution in [3.63, 3.8) is 0 Å². The molecule has 0 aliphatic carbocycles. The number of aromatic nitrogens is 3. The van der Waals surface area contributed by atoms with Crippen LogP contribution in [0.5, 0.6) is 5.75 Å². The minimum absolute atomic E-state index is 0.0749. The van der Waals surface area contributed by atoms with Gasteiger partial charge in [-0.15, -0.1) is 0 Å². The zero-order valence-electron chi connectivity index (χ0n) is 23.2. The average Bonchev–Trinajstić information content (AvgIpc) is 3.24. The molecule has 2 aromatic heterocycles. The second kappa shape index (κ2) is 12.5. The fourth-order valence-corrected chi connectivity index (χ4v) is 6.23. The van der Waals surface area contributed by atoms with Gasteiger partial charge in [0.1, 0.15) is 18.2 Å². The largest absolute Gasteiger partial charge is 0.489 e. The zero-order chi connectivity index (χ0) is 29.3. The molecule has 0 N–H and O–H groups in total. The van der Waals surface area contributed by atoms with Crippen LogP contribution in [-0.2, 0) is 6.61 Å². The van der Waals surface area contributed by atoms with Crippen LogP contribution in [-0.4, -0.2) is 20.4 Å². The molecule has 9 heteroatoms. The second-order valence-corrected chi connectivity index (χ2v) is 12.7. The first kappa shape index (κ1) is 29.5. The molecule has 0 amide bonds. The normalized spacial score (nSPS) is 12.4. The average molecular weight is 741 g/mol. The Labute approximate surface area is 264 Å². The Morgan fingerprint density at radius 1 is 0.976 bits per heavy atom. The predicted octanol–water partition coefficient (Wildman–Crippen LogP) is 9.07. The first-order chi connectivity index (χ1) is 19.7. The number of halogens is 3. The third-order valence-corrected chi connectivity index (χ3v) is 8.90. The van der Waals surface area contributed by atoms with Gasteiger partial charge in [-0.25, -0.2) is 4.98 Å². The summed E-state index contributed by atoms with van der Waals surface area (Å²) in [6.45, 7) is 8.73. The van der Waals surface area contributed by atoms with E-state index in [9.17, 15) is 4.79 Å². The maximum Gasteiger partial charge on any atom is 0.282 e. The quantitative estimate of drug-likeness (QED) is 0.149. The van der Waals surface area contributed by atoms with Gasteiger partial charge < -0.3 is 9.30 Å². The van der Waals surface area contributed by atoms with Crippen molar-refractivity contribution in [2.45, 2.75) is 46.6 Å². The number of hydrogen-bond acceptors (Lipinski definition) is 4. The topological polar surface area (TPSA) is 61.4 Å². The molecule has 3 aromatic carbocycles. The summed E-state index contributed by atoms with van der Waals surface area (Å²) in [6, 6.07) is 21.7. The molecule has 0 saturated heterocycles. The first-order valence-electron chi connectivity index (χ1n) is 13.3. The van der Waals surface area contributed by atoms with Crippen LogP contribution in [0.3, 0.4) is 0 Å². The summed E-state index contributed by atoms with van der Waals surface area (Å²) < 4.78 is 12.5. The van der Waals surface area contributed by atoms with Gasteiger partial charge in [0.15, 0.2) is 0 Å². The van der Waals surface area contributed by atoms with Crippen LogP contribution < -0.4 is 10.3 Å². The lowest BCUT2D eigenvalue weighted by atomic mass is 10.1. The maximum atomic E-state index is 13.5. The van der Waals surface area contributed by atoms with Gasteiger partial charge in [-0.1, -0.05) is 67.7 Å². The number of rotatable bonds is 8. The number of hydrogen-bond donors (Lipinski definition) is 0. The summed E-state index contributed by atoms with van der Waals surface area (Å²) >= 11 is 10.5. The summed E-state index contributed by atoms with van der Waals surface area (Å²) in [5.41, 5.74) is 5.60. The van der Waals surface area contributed by atoms with Crippen molar-refractivity contribution in [2.24, 2.45) is 5.10 Å². The van der Waals surface area contributed by atoms with Crippen LogP contribution in [0, 0.1) is 13.8 Å². The van der Waals surface area contributed by atoms with Gasteiger partial charge in [0, 0.05) is 47.5 Å². The van der Waals surface area contributed by atoms with Gasteiger partial charge in [-0.05, 0) is 80.9 Å². The van der Waals surface area contributed by atoms with Gasteiger partial charge in [0.2, 0.25) is 0 Å². The van der Waals surface area contributed by atoms with Gasteiger partial charge in [-0.3, -0.25) is 4.79 Å². The van der Waals surface area contributed by atoms with E-state index in [2.05, 4.69) is 91.2 Å². The number of aryl methyl sites for hydroxylation is 1. The molecule has 210 valence electrons. The van der Waals surface area contributed by atoms with Crippen molar-refractivity contribution in [2.75, 3.05) is 0 Å². The Morgan fingerprint density at radius 2 is 1.68 bits per heavy atom. The molecule has 5 aromatic rings. The highest BCUT2D eigenvalue weighted by Crippen LogP contribution is 2.26. The number of ether oxygens (including phenoxy) is 1. The smallest absolute Gasteiger partial charge is 0.282 e. The number of benzene rings is 3. The third-order valence-electron chi connectivity index (χ3n) is 7.17. The molecule has 0 bridgehead atoms. The summed E-state index contributed by atoms with van der Waals surface area (Å²) in [7, 11) is 0. The van der Waals surface area contributed by atoms with Crippen molar-refractivity contribution < 1.29 is 4.74 Å². The van der Waals surface area contributed by atoms with Gasteiger partial charge in [-0.2, -0.15) is 9.78 Å². The van der Waals surface area contributed by atoms with Crippen molar-refractivity contribution in [3.8, 4) is 11.4 Å². The van der Waals surface area contributed by atoms with Crippen molar-refractivity contribution in [1.29, 1.82) is 0 Å². The molecule has 0 radical (unpaired) electrons. The van der Waals surface area contributed by atoms with E-state index in [1.54, 1.807) is 12.3 Å². The second-order valence-electron chi connectivity index (χ2n) is 9.98. The van der Waals surface area contributed by atoms with Crippen LogP contribution >= 0.6 is 47.8 Å². The Hall–Kier alpha value is -3.01. The van der Waals surface area contributed by atoms with Gasteiger partial charge in [0.05, 0.1) is 17.1 Å². The molecule has 5 rings (SSSR count). The lowest BCUT2D eigenvalue weighted by molar-refractivity contribution is 0.305. The standard InChI is InChI=1S/C32H29Br3N4O2/c1-5-19(2)31-37-30-13-8-24(33)15-28(30)32(40)39(31)36-17-23-14-20(3)38(21(23)4)26-9-11-27(12-10-26)41-18-22-6-7-25(34)16-29(22)35/h6-17,19H,5,18H2,1-4H3/t19-/m0/s1. The fourth-order valence-electron chi connectivity index (χ4n) is 4.71. The molecule has 0 fully saturated rings. The van der Waals surface area contributed by atoms with Crippen LogP contribution in [0.25, 0.3) is 16.6 Å². The van der Waals surface area contributed by atoms with E-state index in [4.69, 9.17) is 9.72 Å². The molecular formula is C32H29Br3N4O2. The molecular weight excluding hydrogens is 712 g/mol. The molecule has 0 unspecified atom stereocenters. The fraction of sp³-hybridized carbons (Fsp3) is 0.219. The Morgan fingerprint density at radius 3 is 2.39 bits per heavy atom. The van der Waals surface area contributed by atoms with Crippen LogP contribution in [0.2, 0.25) is 0 Å². The van der Waals surface area contributed by atoms with E-state index in [0.29, 0.717) is 23.3 Å². The molecule has 0 saturated carbocycles. The zero-order valence-corrected chi connectivity index (χ0v) is 27.9. The van der Waals surface area contributed by atoms with Crippen molar-refractivity contribution in [3.05, 3.63) is 119 Å². The van der Waals surface area contributed by atoms with Crippen molar-refractivity contribution in [1.82, 2.24) is 14.2 Å². The van der Waals surface area contributed by atoms with Gasteiger partial charge in [0.25, 0.3) is 5.56 Å². The number of nitrogens with zero attached hydrogens (tertiary/aromatic N) is 4. The highest BCUT2D eigenvalue weighted by molar-refractivity contribution is 9.11. The van der Waals surface area contributed by atoms with E-state index in [0.717, 1.165) is 53.8 Å². The first-order valence-corrected chi connectivity index (χ1v) is 15.7. The highest BCUT2D eigenvalue weighted by atomic mass is 79.9. The lowest BCUT2D eigenvalue weighted by Crippen LogP contribution is -2.23. The lowest BCUT2D eigenvalue weighted by Gasteiger charge is -2.14. The molecule has 41 heavy (non-hydrogen) atoms. The van der Waals surface area contributed by atoms with E-state index in [-0.39, 0.29) is 11.5 Å². The van der Waals surface area contributed by atoms with E-state index >= 15 is 0 Å². The molecule has 6 nitrogen and oxygen atoms in total. The number of fused-ring (bicyclic) bond motifs is 1. The summed E-state index contributed by atoms with van der Waals surface area (Å²) in [6.07, 6.45) is 2.60. The minimum Gasteiger partial charge on any atom is -0.489 e. The molecule has 1 atom stereocenters. The predicted molar refractivity (Wildman–Crippen MR) is 177 cm³/mol. The SMILES string of the molecule is CC[C@H](C)c1nc2ccc(Br)cc2c(=O)n1N=Cc1cc(C)n(-c2ccc(OCc3ccc(Br)cc3Br)cc2)c1C. The van der Waals surface area contributed by atoms with E-state index in [1.165, 1.54) is 4.68 Å². The summed E-state index contributed by atoms with van der Waals surface area (Å²) in [5.74, 6) is 1.52. The minimum atomic E-state index is -0.178.